The molecule has 34 heavy (non-hydrogen) atoms. The largest absolute Gasteiger partial charge is 0.466 e. The fourth-order valence-corrected chi connectivity index (χ4v) is 2.99. The van der Waals surface area contributed by atoms with Crippen LogP contribution < -0.4 is 0 Å². The maximum absolute atomic E-state index is 10.5. The van der Waals surface area contributed by atoms with E-state index in [0.29, 0.717) is 44.8 Å². The Morgan fingerprint density at radius 3 is 1.74 bits per heavy atom. The highest BCUT2D eigenvalue weighted by Gasteiger charge is 2.18. The van der Waals surface area contributed by atoms with Crippen molar-refractivity contribution in [3.8, 4) is 0 Å². The molecule has 8 nitrogen and oxygen atoms in total. The van der Waals surface area contributed by atoms with E-state index in [4.69, 9.17) is 14.2 Å². The van der Waals surface area contributed by atoms with E-state index in [2.05, 4.69) is 11.7 Å². The Hall–Kier alpha value is -2.12. The minimum absolute atomic E-state index is 0.0281. The molecule has 3 aliphatic heterocycles. The van der Waals surface area contributed by atoms with Gasteiger partial charge in [-0.05, 0) is 58.8 Å². The number of hydrogen-bond donors (Lipinski definition) is 0. The van der Waals surface area contributed by atoms with Crippen LogP contribution in [0.15, 0.2) is 0 Å². The van der Waals surface area contributed by atoms with E-state index >= 15 is 0 Å². The molecule has 0 bridgehead atoms. The quantitative estimate of drug-likeness (QED) is 0.375. The van der Waals surface area contributed by atoms with Crippen molar-refractivity contribution in [2.45, 2.75) is 125 Å². The van der Waals surface area contributed by atoms with Crippen LogP contribution in [-0.2, 0) is 38.1 Å². The molecule has 0 radical (unpaired) electrons. The Kier molecular flexibility index (Phi) is 22.7. The number of cyclic esters (lactones) is 3. The van der Waals surface area contributed by atoms with Crippen molar-refractivity contribution in [3.05, 3.63) is 0 Å². The molecule has 3 aliphatic rings. The van der Waals surface area contributed by atoms with Gasteiger partial charge in [-0.1, -0.05) is 34.1 Å². The van der Waals surface area contributed by atoms with Gasteiger partial charge in [0.25, 0.3) is 0 Å². The summed E-state index contributed by atoms with van der Waals surface area (Å²) in [5.41, 5.74) is 0. The summed E-state index contributed by atoms with van der Waals surface area (Å²) in [6.45, 7) is 14.9. The fraction of sp³-hybridized carbons (Fsp3) is 0.846. The molecule has 3 atom stereocenters. The molecule has 3 rings (SSSR count). The molecule has 0 amide bonds. The van der Waals surface area contributed by atoms with Crippen LogP contribution in [-0.4, -0.2) is 49.3 Å². The van der Waals surface area contributed by atoms with Crippen LogP contribution in [0.5, 0.6) is 0 Å². The van der Waals surface area contributed by atoms with Gasteiger partial charge in [0.2, 0.25) is 0 Å². The summed E-state index contributed by atoms with van der Waals surface area (Å²) in [7, 11) is 0. The summed E-state index contributed by atoms with van der Waals surface area (Å²) in [6.07, 6.45) is 8.70. The van der Waals surface area contributed by atoms with Gasteiger partial charge >= 0.3 is 23.9 Å². The van der Waals surface area contributed by atoms with Crippen molar-refractivity contribution in [2.24, 2.45) is 5.92 Å². The third kappa shape index (κ3) is 20.5. The summed E-state index contributed by atoms with van der Waals surface area (Å²) in [4.78, 5) is 41.6. The average molecular weight is 489 g/mol. The molecule has 3 saturated heterocycles. The zero-order valence-corrected chi connectivity index (χ0v) is 22.5. The van der Waals surface area contributed by atoms with E-state index in [1.54, 1.807) is 0 Å². The van der Waals surface area contributed by atoms with Gasteiger partial charge < -0.3 is 18.9 Å². The minimum atomic E-state index is -0.0880. The molecule has 200 valence electrons. The molecule has 3 fully saturated rings. The van der Waals surface area contributed by atoms with Crippen molar-refractivity contribution >= 4 is 23.9 Å². The van der Waals surface area contributed by atoms with E-state index in [1.165, 1.54) is 0 Å². The third-order valence-corrected chi connectivity index (χ3v) is 4.99. The van der Waals surface area contributed by atoms with Gasteiger partial charge in [0.05, 0.1) is 25.4 Å². The maximum atomic E-state index is 10.5. The van der Waals surface area contributed by atoms with Gasteiger partial charge in [0.15, 0.2) is 0 Å². The van der Waals surface area contributed by atoms with Gasteiger partial charge in [-0.15, -0.1) is 0 Å². The van der Waals surface area contributed by atoms with Crippen LogP contribution in [0.2, 0.25) is 0 Å². The fourth-order valence-electron chi connectivity index (χ4n) is 2.99. The Morgan fingerprint density at radius 1 is 0.853 bits per heavy atom. The van der Waals surface area contributed by atoms with E-state index in [9.17, 15) is 19.2 Å². The van der Waals surface area contributed by atoms with Crippen molar-refractivity contribution in [2.75, 3.05) is 13.2 Å². The molecular formula is C26H48O8. The smallest absolute Gasteiger partial charge is 0.306 e. The molecule has 0 N–H and O–H groups in total. The van der Waals surface area contributed by atoms with Crippen LogP contribution in [0.4, 0.5) is 0 Å². The molecule has 3 unspecified atom stereocenters. The van der Waals surface area contributed by atoms with Gasteiger partial charge in [0, 0.05) is 25.7 Å². The van der Waals surface area contributed by atoms with Crippen LogP contribution in [0, 0.1) is 5.92 Å². The van der Waals surface area contributed by atoms with Crippen LogP contribution in [0.1, 0.15) is 113 Å². The highest BCUT2D eigenvalue weighted by atomic mass is 16.6. The Balaban J connectivity index is 0. The number of esters is 4. The maximum Gasteiger partial charge on any atom is 0.306 e. The standard InChI is InChI=1S/C7H12O2.C6H10O2.C6H12O2.C5H8O2.C2H6/c1-2-6-3-4-7(8)9-5-6;1-5-3-2-4-6(7)8-5;1-3-5-6(7)8-4-2;1-4-2-3-5(6)7-4;1-2/h6H,2-5H2,1H3;5H,2-4H2,1H3;3-5H2,1-2H3;4H,2-3H2,1H3;1-2H3. The normalized spacial score (nSPS) is 22.8. The van der Waals surface area contributed by atoms with E-state index < -0.39 is 0 Å². The number of ether oxygens (including phenoxy) is 4. The molecule has 0 aromatic carbocycles. The first kappa shape index (κ1) is 34.0. The monoisotopic (exact) mass is 488 g/mol. The average Bonchev–Trinajstić information content (AvgIpc) is 3.20. The topological polar surface area (TPSA) is 105 Å². The van der Waals surface area contributed by atoms with Crippen LogP contribution in [0.3, 0.4) is 0 Å². The van der Waals surface area contributed by atoms with Crippen molar-refractivity contribution in [1.29, 1.82) is 0 Å². The zero-order valence-electron chi connectivity index (χ0n) is 22.5. The summed E-state index contributed by atoms with van der Waals surface area (Å²) < 4.78 is 19.1. The first-order chi connectivity index (χ1) is 16.2. The highest BCUT2D eigenvalue weighted by Crippen LogP contribution is 2.16. The van der Waals surface area contributed by atoms with Crippen molar-refractivity contribution in [1.82, 2.24) is 0 Å². The molecule has 8 heteroatoms. The van der Waals surface area contributed by atoms with Gasteiger partial charge in [-0.3, -0.25) is 19.2 Å². The molecular weight excluding hydrogens is 440 g/mol. The second-order valence-corrected chi connectivity index (χ2v) is 8.08. The predicted octanol–water partition coefficient (Wildman–Crippen LogP) is 5.54. The summed E-state index contributed by atoms with van der Waals surface area (Å²) >= 11 is 0. The van der Waals surface area contributed by atoms with E-state index in [0.717, 1.165) is 38.5 Å². The van der Waals surface area contributed by atoms with Gasteiger partial charge in [0.1, 0.15) is 0 Å². The van der Waals surface area contributed by atoms with Crippen LogP contribution in [0.25, 0.3) is 0 Å². The lowest BCUT2D eigenvalue weighted by atomic mass is 10.00. The second kappa shape index (κ2) is 22.7. The molecule has 0 aromatic rings. The van der Waals surface area contributed by atoms with Crippen molar-refractivity contribution < 1.29 is 38.1 Å². The first-order valence-corrected chi connectivity index (χ1v) is 12.9. The predicted molar refractivity (Wildman–Crippen MR) is 131 cm³/mol. The van der Waals surface area contributed by atoms with Gasteiger partial charge in [-0.2, -0.15) is 0 Å². The molecule has 3 heterocycles. The Morgan fingerprint density at radius 2 is 1.41 bits per heavy atom. The SMILES string of the molecule is CC.CC1CCC(=O)O1.CC1CCCC(=O)O1.CCC1CCC(=O)OC1.CCCC(=O)OCC. The summed E-state index contributed by atoms with van der Waals surface area (Å²) in [6, 6.07) is 0. The number of carbonyl (C=O) groups is 4. The van der Waals surface area contributed by atoms with E-state index in [1.807, 2.05) is 41.5 Å². The lowest BCUT2D eigenvalue weighted by Crippen LogP contribution is -2.20. The molecule has 0 aromatic heterocycles. The van der Waals surface area contributed by atoms with E-state index in [-0.39, 0.29) is 36.1 Å². The summed E-state index contributed by atoms with van der Waals surface area (Å²) in [5, 5.41) is 0. The molecule has 0 spiro atoms. The Labute approximate surface area is 206 Å². The Bertz CT molecular complexity index is 535. The number of carbonyl (C=O) groups excluding carboxylic acids is 4. The molecule has 0 aliphatic carbocycles. The van der Waals surface area contributed by atoms with Crippen LogP contribution >= 0.6 is 0 Å². The zero-order chi connectivity index (χ0) is 26.4. The highest BCUT2D eigenvalue weighted by molar-refractivity contribution is 5.71. The third-order valence-electron chi connectivity index (χ3n) is 4.99. The lowest BCUT2D eigenvalue weighted by molar-refractivity contribution is -0.152. The molecule has 0 saturated carbocycles. The number of rotatable bonds is 4. The lowest BCUT2D eigenvalue weighted by Gasteiger charge is -2.19. The minimum Gasteiger partial charge on any atom is -0.466 e. The van der Waals surface area contributed by atoms with Gasteiger partial charge in [-0.25, -0.2) is 0 Å². The summed E-state index contributed by atoms with van der Waals surface area (Å²) in [5.74, 6) is 0.425. The number of hydrogen-bond acceptors (Lipinski definition) is 8. The van der Waals surface area contributed by atoms with Crippen molar-refractivity contribution in [3.63, 3.8) is 0 Å². The first-order valence-electron chi connectivity index (χ1n) is 12.9. The second-order valence-electron chi connectivity index (χ2n) is 8.08.